The molecular weight excluding hydrogens is 582 g/mol. The maximum Gasteiger partial charge on any atom is 0.283 e. The fraction of sp³-hybridized carbons (Fsp3) is 0.161. The van der Waals surface area contributed by atoms with Gasteiger partial charge in [0.05, 0.1) is 33.0 Å². The van der Waals surface area contributed by atoms with Crippen LogP contribution in [0.1, 0.15) is 25.2 Å². The molecule has 0 unspecified atom stereocenters. The lowest BCUT2D eigenvalue weighted by Crippen LogP contribution is -2.32. The van der Waals surface area contributed by atoms with Gasteiger partial charge in [0.15, 0.2) is 23.0 Å². The van der Waals surface area contributed by atoms with Crippen LogP contribution in [0.25, 0.3) is 44.1 Å². The molecule has 0 amide bonds. The molecule has 3 N–H and O–H groups in total. The van der Waals surface area contributed by atoms with E-state index in [2.05, 4.69) is 15.1 Å². The first-order chi connectivity index (χ1) is 21.2. The molecule has 1 aliphatic heterocycles. The van der Waals surface area contributed by atoms with Crippen LogP contribution in [0.15, 0.2) is 71.9 Å². The van der Waals surface area contributed by atoms with Crippen molar-refractivity contribution in [2.24, 2.45) is 0 Å². The number of fused-ring (bicyclic) bond motifs is 4. The monoisotopic (exact) mass is 605 g/mol. The molecule has 13 heteroatoms. The Kier molecular flexibility index (Phi) is 5.50. The summed E-state index contributed by atoms with van der Waals surface area (Å²) in [6, 6.07) is 16.1. The molecule has 0 spiro atoms. The SMILES string of the molecule is CC1(C)Cc2c(-c3nn(Cc4nc5cccc(Cl)c5c(=O)n4-n4cc5ccccc5n4)c4ncnc(N)c34)ccc(O)c2O1. The summed E-state index contributed by atoms with van der Waals surface area (Å²) in [7, 11) is 0. The maximum absolute atomic E-state index is 14.1. The van der Waals surface area contributed by atoms with Gasteiger partial charge in [-0.2, -0.15) is 19.7 Å². The van der Waals surface area contributed by atoms with Crippen LogP contribution in [0.2, 0.25) is 5.02 Å². The molecule has 0 saturated carbocycles. The summed E-state index contributed by atoms with van der Waals surface area (Å²) in [5.74, 6) is 1.05. The van der Waals surface area contributed by atoms with Crippen molar-refractivity contribution in [2.45, 2.75) is 32.4 Å². The Hall–Kier alpha value is -5.49. The Bertz CT molecular complexity index is 2340. The van der Waals surface area contributed by atoms with Crippen LogP contribution < -0.4 is 16.0 Å². The van der Waals surface area contributed by atoms with E-state index in [1.54, 1.807) is 41.2 Å². The second-order valence-corrected chi connectivity index (χ2v) is 11.7. The van der Waals surface area contributed by atoms with Crippen LogP contribution in [-0.2, 0) is 13.0 Å². The number of aromatic nitrogens is 8. The van der Waals surface area contributed by atoms with Gasteiger partial charge in [-0.1, -0.05) is 35.9 Å². The Labute approximate surface area is 253 Å². The third-order valence-corrected chi connectivity index (χ3v) is 8.14. The predicted octanol–water partition coefficient (Wildman–Crippen LogP) is 4.57. The van der Waals surface area contributed by atoms with Gasteiger partial charge >= 0.3 is 0 Å². The number of hydrogen-bond acceptors (Lipinski definition) is 9. The molecule has 7 aromatic rings. The summed E-state index contributed by atoms with van der Waals surface area (Å²) < 4.78 is 9.10. The number of ether oxygens (including phenoxy) is 1. The normalized spacial score (nSPS) is 14.0. The third-order valence-electron chi connectivity index (χ3n) is 7.82. The van der Waals surface area contributed by atoms with Gasteiger partial charge in [0.2, 0.25) is 0 Å². The van der Waals surface area contributed by atoms with Gasteiger partial charge in [-0.25, -0.2) is 19.6 Å². The fourth-order valence-electron chi connectivity index (χ4n) is 5.92. The zero-order chi connectivity index (χ0) is 30.3. The number of phenols is 1. The Balaban J connectivity index is 1.36. The van der Waals surface area contributed by atoms with E-state index in [1.807, 2.05) is 38.1 Å². The topological polar surface area (TPSA) is 152 Å². The highest BCUT2D eigenvalue weighted by Crippen LogP contribution is 2.47. The van der Waals surface area contributed by atoms with Crippen LogP contribution in [-0.4, -0.2) is 50.0 Å². The van der Waals surface area contributed by atoms with Crippen LogP contribution in [0.3, 0.4) is 0 Å². The molecule has 4 aromatic heterocycles. The van der Waals surface area contributed by atoms with Crippen molar-refractivity contribution in [1.82, 2.24) is 39.3 Å². The molecule has 0 atom stereocenters. The molecule has 0 saturated heterocycles. The second-order valence-electron chi connectivity index (χ2n) is 11.3. The number of halogens is 1. The van der Waals surface area contributed by atoms with Crippen LogP contribution in [0, 0.1) is 0 Å². The third kappa shape index (κ3) is 3.91. The van der Waals surface area contributed by atoms with Crippen LogP contribution in [0.5, 0.6) is 11.5 Å². The molecule has 0 fully saturated rings. The van der Waals surface area contributed by atoms with Crippen molar-refractivity contribution < 1.29 is 9.84 Å². The van der Waals surface area contributed by atoms with Gasteiger partial charge in [-0.15, -0.1) is 0 Å². The minimum atomic E-state index is -0.518. The van der Waals surface area contributed by atoms with Crippen molar-refractivity contribution in [2.75, 3.05) is 5.73 Å². The lowest BCUT2D eigenvalue weighted by molar-refractivity contribution is 0.134. The highest BCUT2D eigenvalue weighted by molar-refractivity contribution is 6.35. The summed E-state index contributed by atoms with van der Waals surface area (Å²) in [5.41, 5.74) is 9.19. The Morgan fingerprint density at radius 2 is 1.84 bits per heavy atom. The lowest BCUT2D eigenvalue weighted by atomic mass is 9.95. The van der Waals surface area contributed by atoms with E-state index in [0.717, 1.165) is 16.5 Å². The zero-order valence-electron chi connectivity index (χ0n) is 23.6. The molecule has 1 aliphatic rings. The van der Waals surface area contributed by atoms with E-state index < -0.39 is 5.60 Å². The molecule has 12 nitrogen and oxygen atoms in total. The number of anilines is 1. The highest BCUT2D eigenvalue weighted by Gasteiger charge is 2.35. The van der Waals surface area contributed by atoms with E-state index in [9.17, 15) is 9.90 Å². The molecule has 44 heavy (non-hydrogen) atoms. The largest absolute Gasteiger partial charge is 0.504 e. The van der Waals surface area contributed by atoms with Gasteiger partial charge < -0.3 is 15.6 Å². The first-order valence-electron chi connectivity index (χ1n) is 13.8. The molecule has 0 bridgehead atoms. The summed E-state index contributed by atoms with van der Waals surface area (Å²) in [5, 5.41) is 22.1. The first kappa shape index (κ1) is 26.2. The van der Waals surface area contributed by atoms with E-state index in [0.29, 0.717) is 45.8 Å². The Morgan fingerprint density at radius 3 is 2.68 bits per heavy atom. The van der Waals surface area contributed by atoms with Crippen LogP contribution >= 0.6 is 11.6 Å². The number of hydrogen-bond donors (Lipinski definition) is 2. The number of nitrogen functional groups attached to an aromatic ring is 1. The van der Waals surface area contributed by atoms with Crippen molar-refractivity contribution in [3.8, 4) is 22.8 Å². The number of nitrogens with zero attached hydrogens (tertiary/aromatic N) is 8. The van der Waals surface area contributed by atoms with Crippen LogP contribution in [0.4, 0.5) is 5.82 Å². The summed E-state index contributed by atoms with van der Waals surface area (Å²) in [6.07, 6.45) is 3.68. The fourth-order valence-corrected chi connectivity index (χ4v) is 6.17. The zero-order valence-corrected chi connectivity index (χ0v) is 24.3. The quantitative estimate of drug-likeness (QED) is 0.294. The second kappa shape index (κ2) is 9.25. The van der Waals surface area contributed by atoms with Crippen molar-refractivity contribution in [3.63, 3.8) is 0 Å². The Morgan fingerprint density at radius 1 is 1.02 bits per heavy atom. The van der Waals surface area contributed by atoms with Crippen molar-refractivity contribution in [1.29, 1.82) is 0 Å². The van der Waals surface area contributed by atoms with Gasteiger partial charge in [0.25, 0.3) is 5.56 Å². The number of phenolic OH excluding ortho intramolecular Hbond substituents is 1. The molecular formula is C31H24ClN9O3. The summed E-state index contributed by atoms with van der Waals surface area (Å²) in [6.45, 7) is 3.95. The van der Waals surface area contributed by atoms with Gasteiger partial charge in [0.1, 0.15) is 30.0 Å². The highest BCUT2D eigenvalue weighted by atomic mass is 35.5. The number of aromatic hydroxyl groups is 1. The van der Waals surface area contributed by atoms with E-state index in [1.165, 1.54) is 15.8 Å². The predicted molar refractivity (Wildman–Crippen MR) is 166 cm³/mol. The van der Waals surface area contributed by atoms with Gasteiger partial charge in [-0.3, -0.25) is 4.79 Å². The lowest BCUT2D eigenvalue weighted by Gasteiger charge is -2.16. The first-order valence-corrected chi connectivity index (χ1v) is 14.2. The molecule has 0 aliphatic carbocycles. The van der Waals surface area contributed by atoms with E-state index in [4.69, 9.17) is 32.2 Å². The van der Waals surface area contributed by atoms with E-state index >= 15 is 0 Å². The molecule has 8 rings (SSSR count). The summed E-state index contributed by atoms with van der Waals surface area (Å²) in [4.78, 5) is 29.2. The van der Waals surface area contributed by atoms with E-state index in [-0.39, 0.29) is 34.1 Å². The van der Waals surface area contributed by atoms with Crippen molar-refractivity contribution >= 4 is 50.3 Å². The average molecular weight is 606 g/mol. The summed E-state index contributed by atoms with van der Waals surface area (Å²) >= 11 is 6.50. The number of rotatable bonds is 4. The van der Waals surface area contributed by atoms with Crippen molar-refractivity contribution in [3.05, 3.63) is 93.9 Å². The maximum atomic E-state index is 14.1. The molecule has 0 radical (unpaired) electrons. The molecule has 5 heterocycles. The average Bonchev–Trinajstić information content (AvgIpc) is 3.67. The smallest absolute Gasteiger partial charge is 0.283 e. The number of nitrogens with two attached hydrogens (primary N) is 1. The molecule has 3 aromatic carbocycles. The minimum Gasteiger partial charge on any atom is -0.504 e. The molecule has 218 valence electrons. The standard InChI is InChI=1S/C31H24ClN9O3/c1-31(2)12-18-17(10-11-22(42)27(18)44-31)26-25-28(33)34-15-35-29(25)39(38-26)14-23-36-21-9-5-7-19(32)24(21)30(43)41(23)40-13-16-6-3-4-8-20(16)37-40/h3-11,13,15,42H,12,14H2,1-2H3,(H2,33,34,35). The minimum absolute atomic E-state index is 0.0309. The number of benzene rings is 3. The van der Waals surface area contributed by atoms with Gasteiger partial charge in [0, 0.05) is 22.9 Å². The van der Waals surface area contributed by atoms with Gasteiger partial charge in [-0.05, 0) is 44.2 Å².